The molecule has 6 heteroatoms. The van der Waals surface area contributed by atoms with E-state index in [2.05, 4.69) is 9.62 Å². The molecule has 0 amide bonds. The maximum atomic E-state index is 10.9. The summed E-state index contributed by atoms with van der Waals surface area (Å²) < 4.78 is 4.33. The first-order valence-electron chi connectivity index (χ1n) is 4.79. The van der Waals surface area contributed by atoms with E-state index in [0.29, 0.717) is 12.8 Å². The third-order valence-corrected chi connectivity index (χ3v) is 1.75. The van der Waals surface area contributed by atoms with Crippen molar-refractivity contribution in [2.75, 3.05) is 6.61 Å². The highest BCUT2D eigenvalue weighted by atomic mass is 17.1. The molecule has 15 heavy (non-hydrogen) atoms. The van der Waals surface area contributed by atoms with Crippen LogP contribution in [0.1, 0.15) is 32.6 Å². The number of unbranched alkanes of at least 4 members (excludes halogenated alkanes) is 1. The summed E-state index contributed by atoms with van der Waals surface area (Å²) in [5.74, 6) is -1.11. The largest absolute Gasteiger partial charge is 0.393 e. The standard InChI is InChI=1S/C9H17NO5/c1-7(11)15-9(12)5-3-2-4-8(10)6-14-13/h8,13H,2-6,10H2,1H3. The molecule has 0 aromatic carbocycles. The van der Waals surface area contributed by atoms with Crippen LogP contribution < -0.4 is 5.73 Å². The Hall–Kier alpha value is -0.980. The zero-order chi connectivity index (χ0) is 11.7. The summed E-state index contributed by atoms with van der Waals surface area (Å²) in [4.78, 5) is 25.1. The van der Waals surface area contributed by atoms with Gasteiger partial charge in [-0.05, 0) is 12.8 Å². The molecule has 0 spiro atoms. The van der Waals surface area contributed by atoms with E-state index < -0.39 is 11.9 Å². The smallest absolute Gasteiger partial charge is 0.313 e. The molecule has 88 valence electrons. The number of ether oxygens (including phenoxy) is 1. The molecule has 0 aliphatic heterocycles. The molecule has 0 saturated heterocycles. The predicted octanol–water partition coefficient (Wildman–Crippen LogP) is 0.453. The van der Waals surface area contributed by atoms with Crippen molar-refractivity contribution in [1.29, 1.82) is 0 Å². The van der Waals surface area contributed by atoms with Crippen LogP contribution in [0.25, 0.3) is 0 Å². The topological polar surface area (TPSA) is 98.9 Å². The lowest BCUT2D eigenvalue weighted by Crippen LogP contribution is -2.25. The molecule has 1 unspecified atom stereocenters. The molecular formula is C9H17NO5. The van der Waals surface area contributed by atoms with Crippen molar-refractivity contribution < 1.29 is 24.5 Å². The van der Waals surface area contributed by atoms with Crippen molar-refractivity contribution in [3.8, 4) is 0 Å². The number of rotatable bonds is 7. The first kappa shape index (κ1) is 14.0. The van der Waals surface area contributed by atoms with E-state index in [1.54, 1.807) is 0 Å². The summed E-state index contributed by atoms with van der Waals surface area (Å²) in [6.45, 7) is 1.27. The van der Waals surface area contributed by atoms with E-state index >= 15 is 0 Å². The fourth-order valence-corrected chi connectivity index (χ4v) is 1.07. The molecule has 0 aromatic rings. The predicted molar refractivity (Wildman–Crippen MR) is 51.8 cm³/mol. The summed E-state index contributed by atoms with van der Waals surface area (Å²) in [5, 5.41) is 8.09. The van der Waals surface area contributed by atoms with E-state index in [4.69, 9.17) is 11.0 Å². The number of hydrogen-bond donors (Lipinski definition) is 2. The van der Waals surface area contributed by atoms with Gasteiger partial charge in [0.25, 0.3) is 0 Å². The summed E-state index contributed by atoms with van der Waals surface area (Å²) >= 11 is 0. The fourth-order valence-electron chi connectivity index (χ4n) is 1.07. The Kier molecular flexibility index (Phi) is 7.79. The minimum absolute atomic E-state index is 0.0812. The van der Waals surface area contributed by atoms with Crippen LogP contribution in [0, 0.1) is 0 Å². The highest BCUT2D eigenvalue weighted by molar-refractivity contribution is 5.83. The van der Waals surface area contributed by atoms with Crippen molar-refractivity contribution in [3.05, 3.63) is 0 Å². The third kappa shape index (κ3) is 9.33. The van der Waals surface area contributed by atoms with Crippen molar-refractivity contribution >= 4 is 11.9 Å². The van der Waals surface area contributed by atoms with Gasteiger partial charge in [0, 0.05) is 19.4 Å². The molecule has 3 N–H and O–H groups in total. The molecule has 0 radical (unpaired) electrons. The van der Waals surface area contributed by atoms with Gasteiger partial charge >= 0.3 is 11.9 Å². The molecule has 0 heterocycles. The molecule has 0 bridgehead atoms. The van der Waals surface area contributed by atoms with E-state index in [0.717, 1.165) is 6.42 Å². The van der Waals surface area contributed by atoms with Crippen LogP contribution in [0.3, 0.4) is 0 Å². The molecule has 0 aliphatic rings. The van der Waals surface area contributed by atoms with Gasteiger partial charge in [-0.1, -0.05) is 6.42 Å². The Morgan fingerprint density at radius 2 is 2.07 bits per heavy atom. The van der Waals surface area contributed by atoms with Gasteiger partial charge in [-0.25, -0.2) is 4.89 Å². The number of carbonyl (C=O) groups is 2. The van der Waals surface area contributed by atoms with Crippen LogP contribution in [0.2, 0.25) is 0 Å². The normalized spacial score (nSPS) is 12.2. The number of esters is 2. The lowest BCUT2D eigenvalue weighted by atomic mass is 10.1. The van der Waals surface area contributed by atoms with Crippen LogP contribution in [-0.2, 0) is 19.2 Å². The van der Waals surface area contributed by atoms with Gasteiger partial charge < -0.3 is 10.5 Å². The van der Waals surface area contributed by atoms with Crippen molar-refractivity contribution in [2.24, 2.45) is 5.73 Å². The van der Waals surface area contributed by atoms with Gasteiger partial charge in [-0.3, -0.25) is 14.8 Å². The van der Waals surface area contributed by atoms with Crippen molar-refractivity contribution in [3.63, 3.8) is 0 Å². The van der Waals surface area contributed by atoms with Crippen molar-refractivity contribution in [1.82, 2.24) is 0 Å². The summed E-state index contributed by atoms with van der Waals surface area (Å²) in [5.41, 5.74) is 5.53. The van der Waals surface area contributed by atoms with E-state index in [9.17, 15) is 9.59 Å². The van der Waals surface area contributed by atoms with Crippen LogP contribution >= 0.6 is 0 Å². The Morgan fingerprint density at radius 1 is 1.40 bits per heavy atom. The highest BCUT2D eigenvalue weighted by Crippen LogP contribution is 2.03. The lowest BCUT2D eigenvalue weighted by molar-refractivity contribution is -0.245. The first-order chi connectivity index (χ1) is 7.06. The fraction of sp³-hybridized carbons (Fsp3) is 0.778. The van der Waals surface area contributed by atoms with Gasteiger partial charge in [0.1, 0.15) is 0 Å². The van der Waals surface area contributed by atoms with Crippen LogP contribution in [-0.4, -0.2) is 29.8 Å². The van der Waals surface area contributed by atoms with Gasteiger partial charge in [0.15, 0.2) is 0 Å². The quantitative estimate of drug-likeness (QED) is 0.212. The van der Waals surface area contributed by atoms with Gasteiger partial charge in [-0.2, -0.15) is 0 Å². The molecule has 0 saturated carbocycles. The van der Waals surface area contributed by atoms with Gasteiger partial charge in [0.05, 0.1) is 6.61 Å². The third-order valence-electron chi connectivity index (χ3n) is 1.75. The minimum atomic E-state index is -0.592. The van der Waals surface area contributed by atoms with Gasteiger partial charge in [-0.15, -0.1) is 0 Å². The summed E-state index contributed by atoms with van der Waals surface area (Å²) in [6.07, 6.45) is 2.17. The van der Waals surface area contributed by atoms with Crippen molar-refractivity contribution in [2.45, 2.75) is 38.6 Å². The average Bonchev–Trinajstić information content (AvgIpc) is 2.12. The molecule has 1 atom stereocenters. The zero-order valence-corrected chi connectivity index (χ0v) is 8.77. The molecule has 0 rings (SSSR count). The number of carbonyl (C=O) groups excluding carboxylic acids is 2. The second kappa shape index (κ2) is 8.34. The van der Waals surface area contributed by atoms with Crippen LogP contribution in [0.15, 0.2) is 0 Å². The lowest BCUT2D eigenvalue weighted by Gasteiger charge is -2.07. The number of nitrogens with two attached hydrogens (primary N) is 1. The van der Waals surface area contributed by atoms with E-state index in [1.807, 2.05) is 0 Å². The monoisotopic (exact) mass is 219 g/mol. The van der Waals surface area contributed by atoms with E-state index in [1.165, 1.54) is 6.92 Å². The SMILES string of the molecule is CC(=O)OC(=O)CCCCC(N)COO. The summed E-state index contributed by atoms with van der Waals surface area (Å²) in [6, 6.07) is -0.237. The maximum Gasteiger partial charge on any atom is 0.313 e. The summed E-state index contributed by atoms with van der Waals surface area (Å²) in [7, 11) is 0. The Labute approximate surface area is 88.3 Å². The Bertz CT molecular complexity index is 207. The van der Waals surface area contributed by atoms with Crippen LogP contribution in [0.4, 0.5) is 0 Å². The second-order valence-corrected chi connectivity index (χ2v) is 3.27. The first-order valence-corrected chi connectivity index (χ1v) is 4.79. The zero-order valence-electron chi connectivity index (χ0n) is 8.77. The Morgan fingerprint density at radius 3 is 2.60 bits per heavy atom. The molecule has 0 fully saturated rings. The average molecular weight is 219 g/mol. The molecule has 6 nitrogen and oxygen atoms in total. The maximum absolute atomic E-state index is 10.9. The minimum Gasteiger partial charge on any atom is -0.393 e. The highest BCUT2D eigenvalue weighted by Gasteiger charge is 2.07. The Balaban J connectivity index is 3.38. The molecular weight excluding hydrogens is 202 g/mol. The van der Waals surface area contributed by atoms with Crippen LogP contribution in [0.5, 0.6) is 0 Å². The second-order valence-electron chi connectivity index (χ2n) is 3.27. The molecule has 0 aromatic heterocycles. The molecule has 0 aliphatic carbocycles. The number of hydrogen-bond acceptors (Lipinski definition) is 6. The van der Waals surface area contributed by atoms with E-state index in [-0.39, 0.29) is 19.1 Å². The van der Waals surface area contributed by atoms with Gasteiger partial charge in [0.2, 0.25) is 0 Å².